The Bertz CT molecular complexity index is 1280. The highest BCUT2D eigenvalue weighted by atomic mass is 19.1. The number of imidazole rings is 1. The molecule has 0 amide bonds. The summed E-state index contributed by atoms with van der Waals surface area (Å²) in [5, 5.41) is 0. The molecule has 4 bridgehead atoms. The summed E-state index contributed by atoms with van der Waals surface area (Å²) in [6.45, 7) is 5.27. The molecule has 4 saturated carbocycles. The normalized spacial score (nSPS) is 33.9. The third kappa shape index (κ3) is 5.59. The smallest absolute Gasteiger partial charge is 0.459 e. The molecule has 11 nitrogen and oxygen atoms in total. The van der Waals surface area contributed by atoms with Gasteiger partial charge in [-0.3, -0.25) is 9.36 Å². The zero-order chi connectivity index (χ0) is 28.9. The highest BCUT2D eigenvalue weighted by molar-refractivity contribution is 5.81. The summed E-state index contributed by atoms with van der Waals surface area (Å²) >= 11 is 0. The van der Waals surface area contributed by atoms with Crippen molar-refractivity contribution in [2.75, 3.05) is 18.9 Å². The first-order valence-corrected chi connectivity index (χ1v) is 14.9. The fourth-order valence-electron chi connectivity index (χ4n) is 8.18. The van der Waals surface area contributed by atoms with E-state index in [1.54, 1.807) is 20.8 Å². The molecule has 41 heavy (non-hydrogen) atoms. The van der Waals surface area contributed by atoms with Crippen LogP contribution in [0.1, 0.15) is 84.8 Å². The van der Waals surface area contributed by atoms with Crippen molar-refractivity contribution in [3.63, 3.8) is 0 Å². The van der Waals surface area contributed by atoms with E-state index in [0.717, 1.165) is 30.6 Å². The predicted octanol–water partition coefficient (Wildman–Crippen LogP) is 4.94. The minimum absolute atomic E-state index is 0.0935. The van der Waals surface area contributed by atoms with Crippen LogP contribution in [0, 0.1) is 35.2 Å². The van der Waals surface area contributed by atoms with E-state index in [0.29, 0.717) is 12.0 Å². The van der Waals surface area contributed by atoms with Gasteiger partial charge in [0.25, 0.3) is 0 Å². The van der Waals surface area contributed by atoms with Gasteiger partial charge in [-0.1, -0.05) is 13.8 Å². The molecule has 2 aromatic heterocycles. The molecular formula is C29H40FN5O6. The van der Waals surface area contributed by atoms with E-state index in [1.165, 1.54) is 49.4 Å². The second kappa shape index (κ2) is 10.7. The lowest BCUT2D eigenvalue weighted by atomic mass is 9.48. The molecule has 12 heteroatoms. The number of nitrogens with zero attached hydrogens (tertiary/aromatic N) is 4. The first-order chi connectivity index (χ1) is 19.5. The number of halogens is 1. The fourth-order valence-corrected chi connectivity index (χ4v) is 8.18. The summed E-state index contributed by atoms with van der Waals surface area (Å²) in [7, 11) is 0. The minimum atomic E-state index is -1.19. The van der Waals surface area contributed by atoms with Crippen molar-refractivity contribution in [3.8, 4) is 0 Å². The molecule has 0 aromatic carbocycles. The summed E-state index contributed by atoms with van der Waals surface area (Å²) in [5.74, 6) is 1.81. The van der Waals surface area contributed by atoms with E-state index in [9.17, 15) is 14.0 Å². The van der Waals surface area contributed by atoms with Crippen LogP contribution in [0.4, 0.5) is 15.0 Å². The Kier molecular flexibility index (Phi) is 7.32. The standard InChI is InChI=1S/C29H40FN5O6/c1-16(2)25(36)40-20-10-21(35-15-32-22-23(31)33-26(30)34-24(22)35)41-28(20,3)14-39-27(37)38-6-4-5-29-11-17-7-18(12-29)9-19(8-17)13-29/h15-21H,4-14H2,1-3H3,(H2,31,33,34)/t17?,18?,19?,20-,21+,28+,29?/m0/s1. The first-order valence-electron chi connectivity index (χ1n) is 14.9. The highest BCUT2D eigenvalue weighted by Crippen LogP contribution is 2.61. The lowest BCUT2D eigenvalue weighted by Gasteiger charge is -2.57. The van der Waals surface area contributed by atoms with E-state index in [1.807, 2.05) is 0 Å². The number of hydrogen-bond donors (Lipinski definition) is 1. The number of esters is 1. The SMILES string of the molecule is CC(C)C(=O)O[C@H]1C[C@H](n2cnc3c(N)nc(F)nc32)O[C@]1(C)COC(=O)OCCCC12CC3CC(CC(C3)C1)C2. The third-order valence-electron chi connectivity index (χ3n) is 9.68. The molecule has 3 atom stereocenters. The molecule has 0 unspecified atom stereocenters. The Morgan fingerprint density at radius 1 is 1.12 bits per heavy atom. The number of ether oxygens (including phenoxy) is 4. The number of carbonyl (C=O) groups is 2. The van der Waals surface area contributed by atoms with Gasteiger partial charge < -0.3 is 24.7 Å². The van der Waals surface area contributed by atoms with Crippen molar-refractivity contribution >= 4 is 29.1 Å². The largest absolute Gasteiger partial charge is 0.508 e. The number of nitrogen functional groups attached to an aromatic ring is 1. The van der Waals surface area contributed by atoms with Crippen molar-refractivity contribution < 1.29 is 32.9 Å². The average Bonchev–Trinajstić information content (AvgIpc) is 3.46. The van der Waals surface area contributed by atoms with Gasteiger partial charge in [-0.25, -0.2) is 9.78 Å². The number of aromatic nitrogens is 4. The van der Waals surface area contributed by atoms with E-state index in [2.05, 4.69) is 15.0 Å². The third-order valence-corrected chi connectivity index (χ3v) is 9.68. The van der Waals surface area contributed by atoms with Crippen LogP contribution in [0.25, 0.3) is 11.2 Å². The molecular weight excluding hydrogens is 533 g/mol. The summed E-state index contributed by atoms with van der Waals surface area (Å²) in [5.41, 5.74) is 5.43. The molecule has 4 aliphatic carbocycles. The molecule has 2 aromatic rings. The number of rotatable bonds is 9. The van der Waals surface area contributed by atoms with Gasteiger partial charge in [0.2, 0.25) is 0 Å². The maximum Gasteiger partial charge on any atom is 0.508 e. The maximum atomic E-state index is 13.9. The fraction of sp³-hybridized carbons (Fsp3) is 0.759. The van der Waals surface area contributed by atoms with Crippen molar-refractivity contribution in [1.29, 1.82) is 0 Å². The van der Waals surface area contributed by atoms with Crippen LogP contribution in [0.3, 0.4) is 0 Å². The van der Waals surface area contributed by atoms with Gasteiger partial charge in [0, 0.05) is 6.42 Å². The Morgan fingerprint density at radius 3 is 2.46 bits per heavy atom. The van der Waals surface area contributed by atoms with Gasteiger partial charge in [0.05, 0.1) is 18.9 Å². The van der Waals surface area contributed by atoms with Crippen molar-refractivity contribution in [2.45, 2.75) is 96.5 Å². The summed E-state index contributed by atoms with van der Waals surface area (Å²) in [6, 6.07) is 0. The van der Waals surface area contributed by atoms with Gasteiger partial charge in [0.15, 0.2) is 17.0 Å². The predicted molar refractivity (Wildman–Crippen MR) is 145 cm³/mol. The van der Waals surface area contributed by atoms with Gasteiger partial charge in [-0.15, -0.1) is 0 Å². The summed E-state index contributed by atoms with van der Waals surface area (Å²) in [6.07, 6.45) is 8.48. The molecule has 7 rings (SSSR count). The highest BCUT2D eigenvalue weighted by Gasteiger charge is 2.51. The van der Waals surface area contributed by atoms with Crippen LogP contribution in [-0.2, 0) is 23.7 Å². The lowest BCUT2D eigenvalue weighted by Crippen LogP contribution is -2.46. The number of hydrogen-bond acceptors (Lipinski definition) is 10. The zero-order valence-corrected chi connectivity index (χ0v) is 24.0. The Morgan fingerprint density at radius 2 is 1.80 bits per heavy atom. The number of fused-ring (bicyclic) bond motifs is 1. The minimum Gasteiger partial charge on any atom is -0.459 e. The molecule has 2 N–H and O–H groups in total. The number of carbonyl (C=O) groups excluding carboxylic acids is 2. The van der Waals surface area contributed by atoms with Gasteiger partial charge in [-0.05, 0) is 81.5 Å². The van der Waals surface area contributed by atoms with Crippen molar-refractivity contribution in [1.82, 2.24) is 19.5 Å². The number of nitrogens with two attached hydrogens (primary N) is 1. The topological polar surface area (TPSA) is 141 Å². The van der Waals surface area contributed by atoms with Crippen molar-refractivity contribution in [2.24, 2.45) is 29.1 Å². The quantitative estimate of drug-likeness (QED) is 0.249. The summed E-state index contributed by atoms with van der Waals surface area (Å²) < 4.78 is 38.4. The van der Waals surface area contributed by atoms with Crippen LogP contribution in [0.2, 0.25) is 0 Å². The molecule has 224 valence electrons. The van der Waals surface area contributed by atoms with E-state index < -0.39 is 36.1 Å². The van der Waals surface area contributed by atoms with E-state index in [-0.39, 0.29) is 35.9 Å². The molecule has 5 fully saturated rings. The van der Waals surface area contributed by atoms with Gasteiger partial charge in [-0.2, -0.15) is 14.4 Å². The molecule has 5 aliphatic rings. The van der Waals surface area contributed by atoms with Crippen LogP contribution in [-0.4, -0.2) is 56.6 Å². The summed E-state index contributed by atoms with van der Waals surface area (Å²) in [4.78, 5) is 36.6. The van der Waals surface area contributed by atoms with Gasteiger partial charge >= 0.3 is 18.2 Å². The molecule has 1 saturated heterocycles. The number of anilines is 1. The lowest BCUT2D eigenvalue weighted by molar-refractivity contribution is -0.168. The second-order valence-electron chi connectivity index (χ2n) is 13.3. The molecule has 3 heterocycles. The van der Waals surface area contributed by atoms with Crippen LogP contribution < -0.4 is 5.73 Å². The average molecular weight is 574 g/mol. The Hall–Kier alpha value is -3.02. The van der Waals surface area contributed by atoms with Crippen LogP contribution >= 0.6 is 0 Å². The first kappa shape index (κ1) is 28.1. The Balaban J connectivity index is 1.06. The van der Waals surface area contributed by atoms with E-state index >= 15 is 0 Å². The Labute approximate surface area is 238 Å². The molecule has 0 spiro atoms. The zero-order valence-electron chi connectivity index (χ0n) is 24.0. The molecule has 0 radical (unpaired) electrons. The molecule has 1 aliphatic heterocycles. The van der Waals surface area contributed by atoms with Crippen LogP contribution in [0.5, 0.6) is 0 Å². The van der Waals surface area contributed by atoms with Crippen molar-refractivity contribution in [3.05, 3.63) is 12.4 Å². The maximum absolute atomic E-state index is 13.9. The second-order valence-corrected chi connectivity index (χ2v) is 13.3. The van der Waals surface area contributed by atoms with E-state index in [4.69, 9.17) is 24.7 Å². The van der Waals surface area contributed by atoms with Crippen LogP contribution in [0.15, 0.2) is 6.33 Å². The monoisotopic (exact) mass is 573 g/mol. The van der Waals surface area contributed by atoms with Gasteiger partial charge in [0.1, 0.15) is 24.5 Å².